The van der Waals surface area contributed by atoms with E-state index in [1.165, 1.54) is 5.56 Å². The Morgan fingerprint density at radius 2 is 1.85 bits per heavy atom. The summed E-state index contributed by atoms with van der Waals surface area (Å²) in [6, 6.07) is 16.0. The number of primary amides is 1. The van der Waals surface area contributed by atoms with Crippen LogP contribution in [-0.2, 0) is 21.3 Å². The normalized spacial score (nSPS) is 12.1. The van der Waals surface area contributed by atoms with Crippen molar-refractivity contribution in [3.63, 3.8) is 0 Å². The van der Waals surface area contributed by atoms with Crippen LogP contribution in [0.4, 0.5) is 0 Å². The Bertz CT molecular complexity index is 638. The zero-order chi connectivity index (χ0) is 14.5. The Balaban J connectivity index is 2.25. The van der Waals surface area contributed by atoms with Crippen LogP contribution in [0.15, 0.2) is 48.5 Å². The average molecular weight is 287 g/mol. The number of carbonyl (C=O) groups excluding carboxylic acids is 1. The molecule has 0 saturated heterocycles. The van der Waals surface area contributed by atoms with Crippen molar-refractivity contribution >= 4 is 16.7 Å². The molecule has 1 amide bonds. The van der Waals surface area contributed by atoms with Crippen LogP contribution in [0, 0.1) is 6.92 Å². The standard InChI is InChI=1S/C16H17NO2S/c1-12-7-8-13(10-20(19)11-16(17)18)9-15(12)14-5-3-2-4-6-14/h2-9H,10-11H2,1H3,(H2,17,18)/t20-/m1/s1. The molecule has 0 aliphatic rings. The molecule has 0 heterocycles. The molecule has 2 aromatic rings. The molecule has 3 nitrogen and oxygen atoms in total. The molecule has 104 valence electrons. The van der Waals surface area contributed by atoms with E-state index in [-0.39, 0.29) is 5.75 Å². The second kappa shape index (κ2) is 6.48. The molecule has 4 heteroatoms. The van der Waals surface area contributed by atoms with Crippen molar-refractivity contribution in [2.24, 2.45) is 5.73 Å². The predicted molar refractivity (Wildman–Crippen MR) is 82.5 cm³/mol. The highest BCUT2D eigenvalue weighted by molar-refractivity contribution is 7.84. The molecule has 0 aliphatic heterocycles. The summed E-state index contributed by atoms with van der Waals surface area (Å²) < 4.78 is 11.8. The first-order valence-electron chi connectivity index (χ1n) is 6.34. The lowest BCUT2D eigenvalue weighted by molar-refractivity contribution is -0.115. The third-order valence-corrected chi connectivity index (χ3v) is 4.28. The van der Waals surface area contributed by atoms with Gasteiger partial charge in [0.05, 0.1) is 0 Å². The van der Waals surface area contributed by atoms with E-state index in [4.69, 9.17) is 5.73 Å². The van der Waals surface area contributed by atoms with Gasteiger partial charge in [0.15, 0.2) is 0 Å². The lowest BCUT2D eigenvalue weighted by atomic mass is 9.99. The molecule has 20 heavy (non-hydrogen) atoms. The van der Waals surface area contributed by atoms with Crippen LogP contribution in [0.25, 0.3) is 11.1 Å². The number of carbonyl (C=O) groups is 1. The van der Waals surface area contributed by atoms with E-state index in [9.17, 15) is 9.00 Å². The maximum Gasteiger partial charge on any atom is 0.230 e. The van der Waals surface area contributed by atoms with E-state index >= 15 is 0 Å². The van der Waals surface area contributed by atoms with Gasteiger partial charge in [0.2, 0.25) is 5.91 Å². The summed E-state index contributed by atoms with van der Waals surface area (Å²) in [4.78, 5) is 10.8. The number of aryl methyl sites for hydroxylation is 1. The highest BCUT2D eigenvalue weighted by atomic mass is 32.2. The van der Waals surface area contributed by atoms with Gasteiger partial charge < -0.3 is 5.73 Å². The summed E-state index contributed by atoms with van der Waals surface area (Å²) in [5.74, 6) is -0.267. The Labute approximate surface area is 121 Å². The second-order valence-electron chi connectivity index (χ2n) is 4.71. The summed E-state index contributed by atoms with van der Waals surface area (Å²) in [7, 11) is -1.25. The van der Waals surface area contributed by atoms with Gasteiger partial charge in [0.1, 0.15) is 5.75 Å². The lowest BCUT2D eigenvalue weighted by Gasteiger charge is -2.09. The highest BCUT2D eigenvalue weighted by Crippen LogP contribution is 2.24. The fraction of sp³-hybridized carbons (Fsp3) is 0.188. The number of nitrogens with two attached hydrogens (primary N) is 1. The van der Waals surface area contributed by atoms with Gasteiger partial charge in [-0.05, 0) is 35.2 Å². The molecule has 0 radical (unpaired) electrons. The second-order valence-corrected chi connectivity index (χ2v) is 6.17. The fourth-order valence-corrected chi connectivity index (χ4v) is 3.05. The molecule has 1 atom stereocenters. The van der Waals surface area contributed by atoms with Gasteiger partial charge in [-0.3, -0.25) is 9.00 Å². The minimum absolute atomic E-state index is 0.0887. The minimum atomic E-state index is -1.25. The number of rotatable bonds is 5. The van der Waals surface area contributed by atoms with Crippen LogP contribution >= 0.6 is 0 Å². The molecular weight excluding hydrogens is 270 g/mol. The summed E-state index contributed by atoms with van der Waals surface area (Å²) in [5, 5.41) is 0. The van der Waals surface area contributed by atoms with E-state index in [0.29, 0.717) is 5.75 Å². The molecular formula is C16H17NO2S. The van der Waals surface area contributed by atoms with Crippen LogP contribution in [0.2, 0.25) is 0 Å². The van der Waals surface area contributed by atoms with Gasteiger partial charge in [-0.15, -0.1) is 0 Å². The number of amides is 1. The van der Waals surface area contributed by atoms with Crippen molar-refractivity contribution in [2.75, 3.05) is 5.75 Å². The molecule has 0 fully saturated rings. The van der Waals surface area contributed by atoms with Crippen molar-refractivity contribution < 1.29 is 9.00 Å². The molecule has 0 unspecified atom stereocenters. The lowest BCUT2D eigenvalue weighted by Crippen LogP contribution is -2.20. The van der Waals surface area contributed by atoms with Crippen molar-refractivity contribution in [3.05, 3.63) is 59.7 Å². The summed E-state index contributed by atoms with van der Waals surface area (Å²) in [5.41, 5.74) is 9.44. The number of benzene rings is 2. The Morgan fingerprint density at radius 1 is 1.15 bits per heavy atom. The Morgan fingerprint density at radius 3 is 2.50 bits per heavy atom. The van der Waals surface area contributed by atoms with Gasteiger partial charge in [0, 0.05) is 16.6 Å². The monoisotopic (exact) mass is 287 g/mol. The molecule has 0 saturated carbocycles. The topological polar surface area (TPSA) is 60.2 Å². The first-order chi connectivity index (χ1) is 9.56. The van der Waals surface area contributed by atoms with Crippen LogP contribution in [0.5, 0.6) is 0 Å². The summed E-state index contributed by atoms with van der Waals surface area (Å²) >= 11 is 0. The van der Waals surface area contributed by atoms with Crippen LogP contribution in [0.3, 0.4) is 0 Å². The zero-order valence-corrected chi connectivity index (χ0v) is 12.2. The van der Waals surface area contributed by atoms with Gasteiger partial charge in [-0.2, -0.15) is 0 Å². The SMILES string of the molecule is Cc1ccc(C[S@@](=O)CC(N)=O)cc1-c1ccccc1. The average Bonchev–Trinajstić information content (AvgIpc) is 2.41. The number of hydrogen-bond donors (Lipinski definition) is 1. The molecule has 0 bridgehead atoms. The van der Waals surface area contributed by atoms with Crippen LogP contribution in [0.1, 0.15) is 11.1 Å². The quantitative estimate of drug-likeness (QED) is 0.918. The molecule has 0 spiro atoms. The van der Waals surface area contributed by atoms with E-state index in [0.717, 1.165) is 16.7 Å². The maximum absolute atomic E-state index is 11.8. The Hall–Kier alpha value is -1.94. The summed E-state index contributed by atoms with van der Waals surface area (Å²) in [6.45, 7) is 2.05. The highest BCUT2D eigenvalue weighted by Gasteiger charge is 2.08. The van der Waals surface area contributed by atoms with Crippen molar-refractivity contribution in [2.45, 2.75) is 12.7 Å². The zero-order valence-electron chi connectivity index (χ0n) is 11.3. The van der Waals surface area contributed by atoms with E-state index in [1.807, 2.05) is 55.5 Å². The van der Waals surface area contributed by atoms with Crippen molar-refractivity contribution in [3.8, 4) is 11.1 Å². The van der Waals surface area contributed by atoms with Gasteiger partial charge in [-0.25, -0.2) is 0 Å². The third kappa shape index (κ3) is 3.78. The Kier molecular flexibility index (Phi) is 4.69. The van der Waals surface area contributed by atoms with E-state index in [1.54, 1.807) is 0 Å². The van der Waals surface area contributed by atoms with E-state index in [2.05, 4.69) is 0 Å². The van der Waals surface area contributed by atoms with Gasteiger partial charge in [0.25, 0.3) is 0 Å². The number of hydrogen-bond acceptors (Lipinski definition) is 2. The molecule has 2 N–H and O–H groups in total. The molecule has 0 aromatic heterocycles. The van der Waals surface area contributed by atoms with Crippen LogP contribution in [-0.4, -0.2) is 15.9 Å². The van der Waals surface area contributed by atoms with E-state index < -0.39 is 16.7 Å². The largest absolute Gasteiger partial charge is 0.369 e. The maximum atomic E-state index is 11.8. The molecule has 2 rings (SSSR count). The van der Waals surface area contributed by atoms with Crippen LogP contribution < -0.4 is 5.73 Å². The minimum Gasteiger partial charge on any atom is -0.369 e. The smallest absolute Gasteiger partial charge is 0.230 e. The third-order valence-electron chi connectivity index (χ3n) is 3.02. The van der Waals surface area contributed by atoms with Crippen molar-refractivity contribution in [1.29, 1.82) is 0 Å². The first kappa shape index (κ1) is 14.5. The fourth-order valence-electron chi connectivity index (χ4n) is 2.08. The van der Waals surface area contributed by atoms with Gasteiger partial charge >= 0.3 is 0 Å². The predicted octanol–water partition coefficient (Wildman–Crippen LogP) is 2.40. The van der Waals surface area contributed by atoms with Gasteiger partial charge in [-0.1, -0.05) is 42.5 Å². The first-order valence-corrected chi connectivity index (χ1v) is 7.83. The summed E-state index contributed by atoms with van der Waals surface area (Å²) in [6.07, 6.45) is 0. The van der Waals surface area contributed by atoms with Crippen molar-refractivity contribution in [1.82, 2.24) is 0 Å². The molecule has 0 aliphatic carbocycles. The molecule has 2 aromatic carbocycles.